The van der Waals surface area contributed by atoms with Gasteiger partial charge in [-0.2, -0.15) is 0 Å². The molecule has 1 saturated heterocycles. The average Bonchev–Trinajstić information content (AvgIpc) is 2.48. The van der Waals surface area contributed by atoms with Crippen LogP contribution in [0.25, 0.3) is 0 Å². The van der Waals surface area contributed by atoms with Gasteiger partial charge in [0.15, 0.2) is 0 Å². The zero-order chi connectivity index (χ0) is 15.1. The van der Waals surface area contributed by atoms with Crippen LogP contribution in [0.3, 0.4) is 0 Å². The highest BCUT2D eigenvalue weighted by Gasteiger charge is 2.15. The van der Waals surface area contributed by atoms with Crippen LogP contribution in [0, 0.1) is 0 Å². The number of ether oxygens (including phenoxy) is 1. The Morgan fingerprint density at radius 2 is 2.04 bits per heavy atom. The first-order valence-corrected chi connectivity index (χ1v) is 7.64. The SMILES string of the molecule is COc1ccc(Cl)cc1NCCC(=O)NC1CCNCC1.Cl.Cl. The van der Waals surface area contributed by atoms with Gasteiger partial charge in [0.25, 0.3) is 0 Å². The first-order valence-electron chi connectivity index (χ1n) is 7.26. The zero-order valence-corrected chi connectivity index (χ0v) is 15.5. The number of methoxy groups -OCH3 is 1. The van der Waals surface area contributed by atoms with Gasteiger partial charge in [-0.25, -0.2) is 0 Å². The molecule has 2 rings (SSSR count). The summed E-state index contributed by atoms with van der Waals surface area (Å²) in [4.78, 5) is 11.9. The van der Waals surface area contributed by atoms with Gasteiger partial charge >= 0.3 is 0 Å². The lowest BCUT2D eigenvalue weighted by molar-refractivity contribution is -0.121. The third-order valence-electron chi connectivity index (χ3n) is 3.53. The fourth-order valence-corrected chi connectivity index (χ4v) is 2.57. The number of amides is 1. The molecule has 23 heavy (non-hydrogen) atoms. The van der Waals surface area contributed by atoms with Crippen molar-refractivity contribution in [1.82, 2.24) is 10.6 Å². The van der Waals surface area contributed by atoms with Gasteiger partial charge in [-0.1, -0.05) is 11.6 Å². The number of anilines is 1. The number of carbonyl (C=O) groups is 1. The molecular weight excluding hydrogens is 361 g/mol. The van der Waals surface area contributed by atoms with Crippen LogP contribution in [0.1, 0.15) is 19.3 Å². The minimum absolute atomic E-state index is 0. The lowest BCUT2D eigenvalue weighted by Crippen LogP contribution is -2.43. The van der Waals surface area contributed by atoms with Gasteiger partial charge in [0, 0.05) is 24.0 Å². The van der Waals surface area contributed by atoms with Crippen molar-refractivity contribution in [3.63, 3.8) is 0 Å². The second kappa shape index (κ2) is 11.6. The van der Waals surface area contributed by atoms with E-state index in [0.717, 1.165) is 37.4 Å². The monoisotopic (exact) mass is 383 g/mol. The molecule has 132 valence electrons. The first kappa shape index (κ1) is 22.1. The van der Waals surface area contributed by atoms with Crippen molar-refractivity contribution in [2.75, 3.05) is 32.1 Å². The quantitative estimate of drug-likeness (QED) is 0.706. The van der Waals surface area contributed by atoms with Gasteiger partial charge < -0.3 is 20.7 Å². The first-order chi connectivity index (χ1) is 10.2. The summed E-state index contributed by atoms with van der Waals surface area (Å²) in [5.74, 6) is 0.800. The van der Waals surface area contributed by atoms with Gasteiger partial charge in [0.1, 0.15) is 5.75 Å². The molecule has 5 nitrogen and oxygen atoms in total. The smallest absolute Gasteiger partial charge is 0.221 e. The molecule has 1 aromatic rings. The molecule has 1 aliphatic heterocycles. The summed E-state index contributed by atoms with van der Waals surface area (Å²) in [5.41, 5.74) is 0.805. The molecule has 1 fully saturated rings. The van der Waals surface area contributed by atoms with Gasteiger partial charge in [-0.3, -0.25) is 4.79 Å². The van der Waals surface area contributed by atoms with E-state index in [4.69, 9.17) is 16.3 Å². The third kappa shape index (κ3) is 7.48. The molecule has 1 aromatic carbocycles. The van der Waals surface area contributed by atoms with E-state index in [9.17, 15) is 4.79 Å². The van der Waals surface area contributed by atoms with Crippen molar-refractivity contribution >= 4 is 48.0 Å². The Kier molecular flexibility index (Phi) is 11.2. The largest absolute Gasteiger partial charge is 0.495 e. The van der Waals surface area contributed by atoms with E-state index < -0.39 is 0 Å². The van der Waals surface area contributed by atoms with E-state index in [0.29, 0.717) is 24.0 Å². The Labute approximate surface area is 154 Å². The van der Waals surface area contributed by atoms with E-state index in [1.54, 1.807) is 25.3 Å². The topological polar surface area (TPSA) is 62.4 Å². The van der Waals surface area contributed by atoms with E-state index in [2.05, 4.69) is 16.0 Å². The van der Waals surface area contributed by atoms with Crippen LogP contribution in [0.5, 0.6) is 5.75 Å². The lowest BCUT2D eigenvalue weighted by atomic mass is 10.1. The molecule has 1 aliphatic rings. The molecule has 0 unspecified atom stereocenters. The number of halogens is 3. The number of rotatable bonds is 6. The number of hydrogen-bond acceptors (Lipinski definition) is 4. The van der Waals surface area contributed by atoms with Crippen LogP contribution in [0.15, 0.2) is 18.2 Å². The number of benzene rings is 1. The summed E-state index contributed by atoms with van der Waals surface area (Å²) >= 11 is 5.96. The Balaban J connectivity index is 0.00000242. The summed E-state index contributed by atoms with van der Waals surface area (Å²) in [6.45, 7) is 2.50. The zero-order valence-electron chi connectivity index (χ0n) is 13.1. The van der Waals surface area contributed by atoms with Gasteiger partial charge in [-0.15, -0.1) is 24.8 Å². The highest BCUT2D eigenvalue weighted by molar-refractivity contribution is 6.30. The molecule has 0 spiro atoms. The summed E-state index contributed by atoms with van der Waals surface area (Å²) in [5, 5.41) is 10.2. The Hall–Kier alpha value is -0.880. The molecule has 0 radical (unpaired) electrons. The predicted octanol–water partition coefficient (Wildman–Crippen LogP) is 2.86. The van der Waals surface area contributed by atoms with Crippen molar-refractivity contribution in [2.24, 2.45) is 0 Å². The maximum atomic E-state index is 11.9. The van der Waals surface area contributed by atoms with Crippen molar-refractivity contribution in [2.45, 2.75) is 25.3 Å². The molecule has 0 aromatic heterocycles. The van der Waals surface area contributed by atoms with Crippen LogP contribution in [0.2, 0.25) is 5.02 Å². The summed E-state index contributed by atoms with van der Waals surface area (Å²) < 4.78 is 5.25. The molecule has 3 N–H and O–H groups in total. The lowest BCUT2D eigenvalue weighted by Gasteiger charge is -2.23. The Bertz CT molecular complexity index is 483. The van der Waals surface area contributed by atoms with Crippen molar-refractivity contribution < 1.29 is 9.53 Å². The predicted molar refractivity (Wildman–Crippen MR) is 99.6 cm³/mol. The molecule has 0 bridgehead atoms. The minimum Gasteiger partial charge on any atom is -0.495 e. The summed E-state index contributed by atoms with van der Waals surface area (Å²) in [7, 11) is 1.61. The molecular formula is C15H24Cl3N3O2. The van der Waals surface area contributed by atoms with Crippen molar-refractivity contribution in [1.29, 1.82) is 0 Å². The van der Waals surface area contributed by atoms with E-state index in [1.165, 1.54) is 0 Å². The number of carbonyl (C=O) groups excluding carboxylic acids is 1. The van der Waals surface area contributed by atoms with E-state index in [-0.39, 0.29) is 30.7 Å². The van der Waals surface area contributed by atoms with Gasteiger partial charge in [-0.05, 0) is 44.1 Å². The molecule has 0 aliphatic carbocycles. The van der Waals surface area contributed by atoms with Gasteiger partial charge in [0.05, 0.1) is 12.8 Å². The standard InChI is InChI=1S/C15H22ClN3O2.2ClH/c1-21-14-3-2-11(16)10-13(14)18-9-6-15(20)19-12-4-7-17-8-5-12;;/h2-3,10,12,17-18H,4-9H2,1H3,(H,19,20);2*1H. The van der Waals surface area contributed by atoms with Gasteiger partial charge in [0.2, 0.25) is 5.91 Å². The fourth-order valence-electron chi connectivity index (χ4n) is 2.40. The maximum Gasteiger partial charge on any atom is 0.221 e. The van der Waals surface area contributed by atoms with Crippen LogP contribution >= 0.6 is 36.4 Å². The van der Waals surface area contributed by atoms with E-state index >= 15 is 0 Å². The Morgan fingerprint density at radius 1 is 1.35 bits per heavy atom. The van der Waals surface area contributed by atoms with Crippen molar-refractivity contribution in [3.8, 4) is 5.75 Å². The minimum atomic E-state index is 0. The van der Waals surface area contributed by atoms with Crippen LogP contribution < -0.4 is 20.7 Å². The van der Waals surface area contributed by atoms with E-state index in [1.807, 2.05) is 0 Å². The average molecular weight is 385 g/mol. The second-order valence-electron chi connectivity index (χ2n) is 5.11. The number of piperidine rings is 1. The summed E-state index contributed by atoms with van der Waals surface area (Å²) in [6.07, 6.45) is 2.43. The second-order valence-corrected chi connectivity index (χ2v) is 5.55. The molecule has 0 saturated carbocycles. The van der Waals surface area contributed by atoms with Crippen LogP contribution in [-0.2, 0) is 4.79 Å². The fraction of sp³-hybridized carbons (Fsp3) is 0.533. The highest BCUT2D eigenvalue weighted by atomic mass is 35.5. The third-order valence-corrected chi connectivity index (χ3v) is 3.77. The van der Waals surface area contributed by atoms with Crippen LogP contribution in [-0.4, -0.2) is 38.7 Å². The number of hydrogen-bond donors (Lipinski definition) is 3. The number of nitrogens with one attached hydrogen (secondary N) is 3. The summed E-state index contributed by atoms with van der Waals surface area (Å²) in [6, 6.07) is 5.68. The Morgan fingerprint density at radius 3 is 2.70 bits per heavy atom. The molecule has 1 amide bonds. The van der Waals surface area contributed by atoms with Crippen LogP contribution in [0.4, 0.5) is 5.69 Å². The normalized spacial score (nSPS) is 14.2. The maximum absolute atomic E-state index is 11.9. The molecule has 0 atom stereocenters. The van der Waals surface area contributed by atoms with Crippen molar-refractivity contribution in [3.05, 3.63) is 23.2 Å². The molecule has 1 heterocycles. The highest BCUT2D eigenvalue weighted by Crippen LogP contribution is 2.27. The molecule has 8 heteroatoms.